The van der Waals surface area contributed by atoms with Gasteiger partial charge in [-0.1, -0.05) is 102 Å². The molecule has 0 aromatic carbocycles. The van der Waals surface area contributed by atoms with Crippen LogP contribution in [0.3, 0.4) is 0 Å². The zero-order valence-electron chi connectivity index (χ0n) is 31.8. The second-order valence-electron chi connectivity index (χ2n) is 15.7. The van der Waals surface area contributed by atoms with Gasteiger partial charge in [-0.2, -0.15) is 0 Å². The predicted octanol–water partition coefficient (Wildman–Crippen LogP) is 4.96. The van der Waals surface area contributed by atoms with Gasteiger partial charge in [0.1, 0.15) is 6.61 Å². The molecule has 5 aliphatic rings. The smallest absolute Gasteiger partial charge is 0.350 e. The van der Waals surface area contributed by atoms with E-state index >= 15 is 0 Å². The van der Waals surface area contributed by atoms with Gasteiger partial charge in [0.15, 0.2) is 11.6 Å². The Labute approximate surface area is 314 Å². The average molecular weight is 734 g/mol. The summed E-state index contributed by atoms with van der Waals surface area (Å²) in [6.45, 7) is 8.70. The Balaban J connectivity index is 0.00000583. The van der Waals surface area contributed by atoms with E-state index in [0.29, 0.717) is 25.7 Å². The first-order valence-electron chi connectivity index (χ1n) is 20.6. The van der Waals surface area contributed by atoms with Crippen molar-refractivity contribution in [2.75, 3.05) is 13.2 Å². The molecule has 2 spiro atoms. The van der Waals surface area contributed by atoms with E-state index in [1.54, 1.807) is 6.08 Å². The van der Waals surface area contributed by atoms with Crippen LogP contribution in [0.1, 0.15) is 162 Å². The lowest BCUT2D eigenvalue weighted by Crippen LogP contribution is -3.00. The highest BCUT2D eigenvalue weighted by Crippen LogP contribution is 2.45. The Morgan fingerprint density at radius 1 is 0.922 bits per heavy atom. The van der Waals surface area contributed by atoms with Crippen LogP contribution in [0.4, 0.5) is 0 Å². The molecule has 5 heterocycles. The largest absolute Gasteiger partial charge is 1.00 e. The number of carbonyl (C=O) groups excluding carboxylic acids is 2. The quantitative estimate of drug-likeness (QED) is 0.0785. The minimum absolute atomic E-state index is 0. The van der Waals surface area contributed by atoms with Crippen LogP contribution in [-0.2, 0) is 28.5 Å². The van der Waals surface area contributed by atoms with Gasteiger partial charge in [-0.05, 0) is 58.3 Å². The van der Waals surface area contributed by atoms with Crippen molar-refractivity contribution in [3.63, 3.8) is 0 Å². The SMILES string of the molecule is C=CCOC(=O)CCCCCCCCCCCCCCCOC(=O)[C@H]1[C@H]2CC[C@H]3C[C@@]4(CCC=C[C@H](CC)O4)NC(=[N+]32)N[C@@]12CCC[C@@H](C)O2.[Cl-]. The maximum atomic E-state index is 14.0. The normalized spacial score (nSPS) is 30.9. The van der Waals surface area contributed by atoms with Crippen molar-refractivity contribution in [1.29, 1.82) is 0 Å². The van der Waals surface area contributed by atoms with Gasteiger partial charge >= 0.3 is 17.9 Å². The van der Waals surface area contributed by atoms with Crippen LogP contribution in [0.15, 0.2) is 24.8 Å². The Morgan fingerprint density at radius 2 is 1.61 bits per heavy atom. The lowest BCUT2D eigenvalue weighted by molar-refractivity contribution is -0.609. The molecule has 0 unspecified atom stereocenters. The number of carbonyl (C=O) groups is 2. The molecule has 290 valence electrons. The van der Waals surface area contributed by atoms with Crippen LogP contribution < -0.4 is 23.0 Å². The van der Waals surface area contributed by atoms with Gasteiger partial charge in [-0.3, -0.25) is 14.2 Å². The van der Waals surface area contributed by atoms with Crippen LogP contribution in [0.25, 0.3) is 0 Å². The third-order valence-electron chi connectivity index (χ3n) is 11.7. The Morgan fingerprint density at radius 3 is 2.27 bits per heavy atom. The molecule has 0 aliphatic carbocycles. The van der Waals surface area contributed by atoms with Gasteiger partial charge in [0, 0.05) is 25.7 Å². The fraction of sp³-hybridized carbons (Fsp3) is 0.829. The van der Waals surface area contributed by atoms with Gasteiger partial charge < -0.3 is 31.4 Å². The lowest BCUT2D eigenvalue weighted by atomic mass is 9.80. The molecule has 0 aromatic rings. The average Bonchev–Trinajstić information content (AvgIpc) is 3.40. The number of ether oxygens (including phenoxy) is 4. The molecule has 10 heteroatoms. The third-order valence-corrected chi connectivity index (χ3v) is 11.7. The number of unbranched alkanes of at least 4 members (excludes halogenated alkanes) is 12. The maximum Gasteiger partial charge on any atom is 0.350 e. The molecule has 0 amide bonds. The number of hydrogen-bond acceptors (Lipinski definition) is 8. The number of hydrogen-bond donors (Lipinski definition) is 2. The molecule has 0 bridgehead atoms. The summed E-state index contributed by atoms with van der Waals surface area (Å²) < 4.78 is 27.1. The molecular weight excluding hydrogens is 666 g/mol. The van der Waals surface area contributed by atoms with Gasteiger partial charge in [0.2, 0.25) is 5.72 Å². The summed E-state index contributed by atoms with van der Waals surface area (Å²) in [6, 6.07) is 0.410. The van der Waals surface area contributed by atoms with E-state index in [1.807, 2.05) is 0 Å². The number of allylic oxidation sites excluding steroid dienone is 1. The first kappa shape index (κ1) is 41.7. The van der Waals surface area contributed by atoms with Crippen molar-refractivity contribution >= 4 is 17.9 Å². The molecule has 2 N–H and O–H groups in total. The van der Waals surface area contributed by atoms with E-state index in [1.165, 1.54) is 57.8 Å². The van der Waals surface area contributed by atoms with E-state index in [4.69, 9.17) is 18.9 Å². The van der Waals surface area contributed by atoms with Crippen LogP contribution in [0, 0.1) is 5.92 Å². The zero-order chi connectivity index (χ0) is 35.2. The summed E-state index contributed by atoms with van der Waals surface area (Å²) in [5, 5.41) is 7.66. The van der Waals surface area contributed by atoms with Gasteiger partial charge in [-0.15, -0.1) is 0 Å². The first-order valence-corrected chi connectivity index (χ1v) is 20.6. The number of halogens is 1. The van der Waals surface area contributed by atoms with E-state index in [9.17, 15) is 9.59 Å². The summed E-state index contributed by atoms with van der Waals surface area (Å²) in [5.41, 5.74) is -1.15. The Bertz CT molecular complexity index is 1180. The van der Waals surface area contributed by atoms with Gasteiger partial charge in [-0.25, -0.2) is 10.6 Å². The van der Waals surface area contributed by atoms with Crippen molar-refractivity contribution in [1.82, 2.24) is 10.6 Å². The lowest BCUT2D eigenvalue weighted by Gasteiger charge is -2.50. The molecule has 7 atom stereocenters. The molecule has 0 saturated carbocycles. The van der Waals surface area contributed by atoms with E-state index in [0.717, 1.165) is 89.4 Å². The highest BCUT2D eigenvalue weighted by atomic mass is 35.5. The molecule has 5 aliphatic heterocycles. The summed E-state index contributed by atoms with van der Waals surface area (Å²) in [7, 11) is 0. The van der Waals surface area contributed by atoms with Crippen molar-refractivity contribution in [2.24, 2.45) is 5.92 Å². The maximum absolute atomic E-state index is 14.0. The topological polar surface area (TPSA) is 98.1 Å². The monoisotopic (exact) mass is 733 g/mol. The van der Waals surface area contributed by atoms with E-state index in [-0.39, 0.29) is 48.5 Å². The Hall–Kier alpha value is -2.10. The van der Waals surface area contributed by atoms with Gasteiger partial charge in [0.25, 0.3) is 0 Å². The van der Waals surface area contributed by atoms with Crippen LogP contribution in [-0.4, -0.2) is 71.4 Å². The van der Waals surface area contributed by atoms with E-state index in [2.05, 4.69) is 47.8 Å². The molecule has 2 saturated heterocycles. The van der Waals surface area contributed by atoms with Crippen molar-refractivity contribution in [3.05, 3.63) is 24.8 Å². The van der Waals surface area contributed by atoms with Crippen molar-refractivity contribution in [2.45, 2.75) is 197 Å². The fourth-order valence-electron chi connectivity index (χ4n) is 9.20. The van der Waals surface area contributed by atoms with Crippen molar-refractivity contribution in [3.8, 4) is 0 Å². The molecule has 5 rings (SSSR count). The standard InChI is InChI=1S/C41H67N3O6.ClH/c1-4-29-47-36(45)24-17-15-13-11-9-7-6-8-10-12-14-16-20-30-48-38(46)37-35-26-25-33-31-40(27-19-18-23-34(5-2)50-40)42-39(44(33)35)43-41(37)28-21-22-32(3)49-41;/h4,18,23,32-35,37H,1,5-17,19-22,24-31H2,2-3H3,(H,42,43);1H/t32-,33+,34+,35-,37-,40+,41-;/m1./s1. The Kier molecular flexibility index (Phi) is 17.1. The first-order chi connectivity index (χ1) is 24.4. The minimum Gasteiger partial charge on any atom is -1.00 e. The molecule has 51 heavy (non-hydrogen) atoms. The second kappa shape index (κ2) is 21.0. The molecular formula is C41H68ClN3O6. The predicted molar refractivity (Wildman–Crippen MR) is 197 cm³/mol. The number of esters is 2. The highest BCUT2D eigenvalue weighted by Gasteiger charge is 2.64. The molecule has 2 fully saturated rings. The number of rotatable bonds is 20. The van der Waals surface area contributed by atoms with Crippen LogP contribution >= 0.6 is 0 Å². The third kappa shape index (κ3) is 11.4. The molecule has 0 aromatic heterocycles. The number of guanidine groups is 1. The van der Waals surface area contributed by atoms with Crippen LogP contribution in [0.5, 0.6) is 0 Å². The summed E-state index contributed by atoms with van der Waals surface area (Å²) in [5.74, 6) is 0.445. The minimum atomic E-state index is -0.750. The number of nitrogens with zero attached hydrogens (tertiary/aromatic N) is 1. The van der Waals surface area contributed by atoms with E-state index < -0.39 is 11.4 Å². The highest BCUT2D eigenvalue weighted by molar-refractivity contribution is 5.82. The second-order valence-corrected chi connectivity index (χ2v) is 15.7. The number of nitrogens with one attached hydrogen (secondary N) is 2. The summed E-state index contributed by atoms with van der Waals surface area (Å²) in [4.78, 5) is 25.5. The van der Waals surface area contributed by atoms with Crippen molar-refractivity contribution < 1.29 is 45.5 Å². The van der Waals surface area contributed by atoms with Gasteiger partial charge in [0.05, 0.1) is 30.9 Å². The molecule has 9 nitrogen and oxygen atoms in total. The summed E-state index contributed by atoms with van der Waals surface area (Å²) >= 11 is 0. The fourth-order valence-corrected chi connectivity index (χ4v) is 9.20. The summed E-state index contributed by atoms with van der Waals surface area (Å²) in [6.07, 6.45) is 31.0. The zero-order valence-corrected chi connectivity index (χ0v) is 32.5. The molecule has 0 radical (unpaired) electrons. The van der Waals surface area contributed by atoms with Crippen LogP contribution in [0.2, 0.25) is 0 Å².